The SMILES string of the molecule is COc1ccc2nc3ccc(OC)cc3c(SCC3CCNCC3)c2c1. The highest BCUT2D eigenvalue weighted by Gasteiger charge is 2.17. The van der Waals surface area contributed by atoms with Gasteiger partial charge in [-0.25, -0.2) is 4.98 Å². The van der Waals surface area contributed by atoms with Gasteiger partial charge in [0, 0.05) is 21.4 Å². The molecule has 0 spiro atoms. The number of thioether (sulfide) groups is 1. The van der Waals surface area contributed by atoms with E-state index in [1.165, 1.54) is 17.7 Å². The molecule has 0 aliphatic carbocycles. The van der Waals surface area contributed by atoms with Gasteiger partial charge < -0.3 is 14.8 Å². The lowest BCUT2D eigenvalue weighted by atomic mass is 10.0. The van der Waals surface area contributed by atoms with Crippen molar-refractivity contribution in [2.75, 3.05) is 33.1 Å². The number of methoxy groups -OCH3 is 2. The average Bonchev–Trinajstić information content (AvgIpc) is 2.71. The molecule has 1 N–H and O–H groups in total. The predicted molar refractivity (Wildman–Crippen MR) is 109 cm³/mol. The third-order valence-electron chi connectivity index (χ3n) is 5.06. The molecule has 136 valence electrons. The lowest BCUT2D eigenvalue weighted by Crippen LogP contribution is -2.28. The van der Waals surface area contributed by atoms with Gasteiger partial charge in [0.1, 0.15) is 11.5 Å². The van der Waals surface area contributed by atoms with E-state index in [1.54, 1.807) is 14.2 Å². The van der Waals surface area contributed by atoms with Crippen LogP contribution in [-0.4, -0.2) is 38.0 Å². The first-order valence-corrected chi connectivity index (χ1v) is 10.1. The maximum Gasteiger partial charge on any atom is 0.119 e. The minimum absolute atomic E-state index is 0.760. The molecule has 1 saturated heterocycles. The molecule has 3 aromatic rings. The number of nitrogens with zero attached hydrogens (tertiary/aromatic N) is 1. The molecular weight excluding hydrogens is 344 g/mol. The molecule has 2 heterocycles. The number of ether oxygens (including phenoxy) is 2. The number of nitrogens with one attached hydrogen (secondary N) is 1. The number of rotatable bonds is 5. The molecule has 1 aliphatic heterocycles. The predicted octanol–water partition coefficient (Wildman–Crippen LogP) is 4.50. The fourth-order valence-corrected chi connectivity index (χ4v) is 4.90. The maximum atomic E-state index is 5.46. The van der Waals surface area contributed by atoms with E-state index in [0.29, 0.717) is 0 Å². The molecule has 0 saturated carbocycles. The fraction of sp³-hybridized carbons (Fsp3) is 0.381. The molecule has 1 aromatic heterocycles. The molecule has 0 amide bonds. The Hall–Kier alpha value is -1.98. The van der Waals surface area contributed by atoms with E-state index in [9.17, 15) is 0 Å². The zero-order chi connectivity index (χ0) is 17.9. The molecule has 0 unspecified atom stereocenters. The van der Waals surface area contributed by atoms with Crippen molar-refractivity contribution in [1.82, 2.24) is 10.3 Å². The summed E-state index contributed by atoms with van der Waals surface area (Å²) in [6, 6.07) is 12.3. The summed E-state index contributed by atoms with van der Waals surface area (Å²) in [7, 11) is 3.42. The Morgan fingerprint density at radius 3 is 2.08 bits per heavy atom. The van der Waals surface area contributed by atoms with Crippen molar-refractivity contribution in [2.24, 2.45) is 5.92 Å². The van der Waals surface area contributed by atoms with E-state index in [0.717, 1.165) is 58.1 Å². The van der Waals surface area contributed by atoms with Gasteiger partial charge >= 0.3 is 0 Å². The second-order valence-electron chi connectivity index (χ2n) is 6.71. The van der Waals surface area contributed by atoms with Gasteiger partial charge in [-0.15, -0.1) is 11.8 Å². The highest BCUT2D eigenvalue weighted by atomic mass is 32.2. The van der Waals surface area contributed by atoms with Crippen LogP contribution in [0.3, 0.4) is 0 Å². The van der Waals surface area contributed by atoms with Gasteiger partial charge in [0.15, 0.2) is 0 Å². The van der Waals surface area contributed by atoms with Crippen molar-refractivity contribution in [1.29, 1.82) is 0 Å². The van der Waals surface area contributed by atoms with E-state index in [1.807, 2.05) is 36.0 Å². The van der Waals surface area contributed by atoms with Gasteiger partial charge in [-0.05, 0) is 68.2 Å². The number of pyridine rings is 1. The van der Waals surface area contributed by atoms with Crippen LogP contribution in [0.1, 0.15) is 12.8 Å². The second-order valence-corrected chi connectivity index (χ2v) is 7.74. The first kappa shape index (κ1) is 17.4. The summed E-state index contributed by atoms with van der Waals surface area (Å²) in [5, 5.41) is 5.76. The van der Waals surface area contributed by atoms with Gasteiger partial charge in [-0.3, -0.25) is 0 Å². The molecule has 26 heavy (non-hydrogen) atoms. The summed E-state index contributed by atoms with van der Waals surface area (Å²) in [4.78, 5) is 6.13. The molecular formula is C21H24N2O2S. The van der Waals surface area contributed by atoms with Crippen LogP contribution in [0, 0.1) is 5.92 Å². The quantitative estimate of drug-likeness (QED) is 0.531. The highest BCUT2D eigenvalue weighted by Crippen LogP contribution is 2.38. The van der Waals surface area contributed by atoms with E-state index < -0.39 is 0 Å². The van der Waals surface area contributed by atoms with Crippen molar-refractivity contribution < 1.29 is 9.47 Å². The number of fused-ring (bicyclic) bond motifs is 2. The van der Waals surface area contributed by atoms with Gasteiger partial charge in [0.25, 0.3) is 0 Å². The monoisotopic (exact) mass is 368 g/mol. The molecule has 1 aliphatic rings. The fourth-order valence-electron chi connectivity index (χ4n) is 3.52. The Bertz CT molecular complexity index is 861. The van der Waals surface area contributed by atoms with Crippen LogP contribution in [0.5, 0.6) is 11.5 Å². The smallest absolute Gasteiger partial charge is 0.119 e. The van der Waals surface area contributed by atoms with Gasteiger partial charge in [0.05, 0.1) is 25.3 Å². The van der Waals surface area contributed by atoms with Crippen molar-refractivity contribution >= 4 is 33.6 Å². The molecule has 5 heteroatoms. The summed E-state index contributed by atoms with van der Waals surface area (Å²) in [6.07, 6.45) is 2.50. The Kier molecular flexibility index (Phi) is 5.18. The Morgan fingerprint density at radius 2 is 1.54 bits per heavy atom. The topological polar surface area (TPSA) is 43.4 Å². The van der Waals surface area contributed by atoms with Crippen molar-refractivity contribution in [3.05, 3.63) is 36.4 Å². The largest absolute Gasteiger partial charge is 0.497 e. The number of benzene rings is 2. The van der Waals surface area contributed by atoms with Gasteiger partial charge in [-0.2, -0.15) is 0 Å². The van der Waals surface area contributed by atoms with E-state index in [4.69, 9.17) is 14.5 Å². The first-order chi connectivity index (χ1) is 12.8. The minimum atomic E-state index is 0.760. The van der Waals surface area contributed by atoms with Crippen LogP contribution < -0.4 is 14.8 Å². The standard InChI is InChI=1S/C21H24N2O2S/c1-24-15-3-5-19-17(11-15)21(26-13-14-7-9-22-10-8-14)18-12-16(25-2)4-6-20(18)23-19/h3-6,11-12,14,22H,7-10,13H2,1-2H3. The van der Waals surface area contributed by atoms with E-state index in [2.05, 4.69) is 17.4 Å². The van der Waals surface area contributed by atoms with Crippen LogP contribution in [0.4, 0.5) is 0 Å². The van der Waals surface area contributed by atoms with Crippen molar-refractivity contribution in [3.63, 3.8) is 0 Å². The van der Waals surface area contributed by atoms with Crippen LogP contribution in [-0.2, 0) is 0 Å². The molecule has 0 atom stereocenters. The second kappa shape index (κ2) is 7.72. The highest BCUT2D eigenvalue weighted by molar-refractivity contribution is 7.99. The summed E-state index contributed by atoms with van der Waals surface area (Å²) in [5.74, 6) is 3.62. The summed E-state index contributed by atoms with van der Waals surface area (Å²) >= 11 is 1.95. The minimum Gasteiger partial charge on any atom is -0.497 e. The molecule has 0 radical (unpaired) electrons. The average molecular weight is 369 g/mol. The normalized spacial score (nSPS) is 15.5. The van der Waals surface area contributed by atoms with Crippen molar-refractivity contribution in [3.8, 4) is 11.5 Å². The molecule has 0 bridgehead atoms. The maximum absolute atomic E-state index is 5.46. The van der Waals surface area contributed by atoms with E-state index >= 15 is 0 Å². The summed E-state index contributed by atoms with van der Waals surface area (Å²) in [6.45, 7) is 2.26. The van der Waals surface area contributed by atoms with Gasteiger partial charge in [-0.1, -0.05) is 0 Å². The molecule has 2 aromatic carbocycles. The Morgan fingerprint density at radius 1 is 0.962 bits per heavy atom. The third kappa shape index (κ3) is 3.46. The third-order valence-corrected chi connectivity index (χ3v) is 6.43. The number of aromatic nitrogens is 1. The summed E-state index contributed by atoms with van der Waals surface area (Å²) < 4.78 is 10.9. The molecule has 4 rings (SSSR count). The van der Waals surface area contributed by atoms with Crippen LogP contribution in [0.15, 0.2) is 41.3 Å². The van der Waals surface area contributed by atoms with Crippen LogP contribution >= 0.6 is 11.8 Å². The van der Waals surface area contributed by atoms with E-state index in [-0.39, 0.29) is 0 Å². The lowest BCUT2D eigenvalue weighted by molar-refractivity contribution is 0.408. The van der Waals surface area contributed by atoms with Crippen molar-refractivity contribution in [2.45, 2.75) is 17.7 Å². The first-order valence-electron chi connectivity index (χ1n) is 9.07. The Labute approximate surface area is 158 Å². The van der Waals surface area contributed by atoms with Crippen LogP contribution in [0.2, 0.25) is 0 Å². The Balaban J connectivity index is 1.82. The molecule has 4 nitrogen and oxygen atoms in total. The zero-order valence-corrected chi connectivity index (χ0v) is 16.1. The molecule has 1 fully saturated rings. The zero-order valence-electron chi connectivity index (χ0n) is 15.2. The lowest BCUT2D eigenvalue weighted by Gasteiger charge is -2.22. The van der Waals surface area contributed by atoms with Gasteiger partial charge in [0.2, 0.25) is 0 Å². The number of hydrogen-bond donors (Lipinski definition) is 1. The van der Waals surface area contributed by atoms with Crippen LogP contribution in [0.25, 0.3) is 21.8 Å². The number of piperidine rings is 1. The summed E-state index contributed by atoms with van der Waals surface area (Å²) in [5.41, 5.74) is 2.02. The number of hydrogen-bond acceptors (Lipinski definition) is 5.